The van der Waals surface area contributed by atoms with Gasteiger partial charge in [-0.3, -0.25) is 0 Å². The van der Waals surface area contributed by atoms with Crippen molar-refractivity contribution in [2.75, 3.05) is 19.6 Å². The van der Waals surface area contributed by atoms with E-state index in [0.29, 0.717) is 12.6 Å². The van der Waals surface area contributed by atoms with Crippen molar-refractivity contribution in [3.8, 4) is 0 Å². The SMILES string of the molecule is CC1CCN(C(C)CC(C)(O)CN)C1. The first-order chi connectivity index (χ1) is 6.44. The second-order valence-corrected chi connectivity index (χ2v) is 5.14. The molecule has 3 nitrogen and oxygen atoms in total. The van der Waals surface area contributed by atoms with Crippen LogP contribution in [-0.4, -0.2) is 41.3 Å². The molecule has 1 aliphatic rings. The van der Waals surface area contributed by atoms with Gasteiger partial charge in [0.1, 0.15) is 0 Å². The van der Waals surface area contributed by atoms with Gasteiger partial charge in [0, 0.05) is 19.1 Å². The minimum Gasteiger partial charge on any atom is -0.389 e. The molecular weight excluding hydrogens is 176 g/mol. The van der Waals surface area contributed by atoms with Crippen molar-refractivity contribution in [1.29, 1.82) is 0 Å². The molecule has 0 saturated carbocycles. The van der Waals surface area contributed by atoms with Gasteiger partial charge in [0.25, 0.3) is 0 Å². The van der Waals surface area contributed by atoms with Crippen molar-refractivity contribution in [2.24, 2.45) is 11.7 Å². The van der Waals surface area contributed by atoms with E-state index in [9.17, 15) is 5.11 Å². The molecule has 0 aromatic rings. The fourth-order valence-corrected chi connectivity index (χ4v) is 2.22. The van der Waals surface area contributed by atoms with Crippen molar-refractivity contribution < 1.29 is 5.11 Å². The van der Waals surface area contributed by atoms with Gasteiger partial charge in [-0.15, -0.1) is 0 Å². The Morgan fingerprint density at radius 2 is 2.29 bits per heavy atom. The van der Waals surface area contributed by atoms with Gasteiger partial charge in [0.15, 0.2) is 0 Å². The highest BCUT2D eigenvalue weighted by molar-refractivity contribution is 4.84. The maximum atomic E-state index is 9.87. The van der Waals surface area contributed by atoms with Crippen LogP contribution < -0.4 is 5.73 Å². The van der Waals surface area contributed by atoms with E-state index in [2.05, 4.69) is 18.7 Å². The Morgan fingerprint density at radius 3 is 2.71 bits per heavy atom. The predicted molar refractivity (Wildman–Crippen MR) is 59.1 cm³/mol. The third kappa shape index (κ3) is 3.23. The second-order valence-electron chi connectivity index (χ2n) is 5.14. The van der Waals surface area contributed by atoms with Crippen LogP contribution in [0.3, 0.4) is 0 Å². The summed E-state index contributed by atoms with van der Waals surface area (Å²) in [7, 11) is 0. The topological polar surface area (TPSA) is 49.5 Å². The van der Waals surface area contributed by atoms with Crippen molar-refractivity contribution in [2.45, 2.75) is 45.3 Å². The van der Waals surface area contributed by atoms with Crippen LogP contribution in [0, 0.1) is 5.92 Å². The highest BCUT2D eigenvalue weighted by Crippen LogP contribution is 2.22. The van der Waals surface area contributed by atoms with Gasteiger partial charge < -0.3 is 15.7 Å². The minimum atomic E-state index is -0.703. The average molecular weight is 200 g/mol. The van der Waals surface area contributed by atoms with Gasteiger partial charge >= 0.3 is 0 Å². The molecule has 1 rings (SSSR count). The fraction of sp³-hybridized carbons (Fsp3) is 1.00. The lowest BCUT2D eigenvalue weighted by molar-refractivity contribution is 0.0326. The molecule has 0 bridgehead atoms. The van der Waals surface area contributed by atoms with E-state index in [1.807, 2.05) is 6.92 Å². The van der Waals surface area contributed by atoms with Crippen LogP contribution in [0.15, 0.2) is 0 Å². The second kappa shape index (κ2) is 4.60. The van der Waals surface area contributed by atoms with E-state index in [1.54, 1.807) is 0 Å². The number of likely N-dealkylation sites (tertiary alicyclic amines) is 1. The van der Waals surface area contributed by atoms with Gasteiger partial charge in [-0.05, 0) is 39.2 Å². The molecule has 84 valence electrons. The van der Waals surface area contributed by atoms with Crippen LogP contribution >= 0.6 is 0 Å². The zero-order valence-electron chi connectivity index (χ0n) is 9.66. The molecule has 0 radical (unpaired) electrons. The molecule has 1 aliphatic heterocycles. The van der Waals surface area contributed by atoms with E-state index >= 15 is 0 Å². The zero-order valence-corrected chi connectivity index (χ0v) is 9.66. The lowest BCUT2D eigenvalue weighted by atomic mass is 9.97. The smallest absolute Gasteiger partial charge is 0.0756 e. The van der Waals surface area contributed by atoms with Gasteiger partial charge in [-0.25, -0.2) is 0 Å². The molecule has 1 heterocycles. The van der Waals surface area contributed by atoms with E-state index in [0.717, 1.165) is 12.3 Å². The van der Waals surface area contributed by atoms with Crippen LogP contribution in [0.4, 0.5) is 0 Å². The first-order valence-electron chi connectivity index (χ1n) is 5.61. The quantitative estimate of drug-likeness (QED) is 0.706. The van der Waals surface area contributed by atoms with Gasteiger partial charge in [0.2, 0.25) is 0 Å². The maximum Gasteiger partial charge on any atom is 0.0756 e. The summed E-state index contributed by atoms with van der Waals surface area (Å²) < 4.78 is 0. The van der Waals surface area contributed by atoms with E-state index in [-0.39, 0.29) is 0 Å². The highest BCUT2D eigenvalue weighted by atomic mass is 16.3. The average Bonchev–Trinajstić information content (AvgIpc) is 2.51. The predicted octanol–water partition coefficient (Wildman–Crippen LogP) is 0.817. The van der Waals surface area contributed by atoms with Crippen molar-refractivity contribution in [3.05, 3.63) is 0 Å². The van der Waals surface area contributed by atoms with Crippen LogP contribution in [0.2, 0.25) is 0 Å². The molecule has 14 heavy (non-hydrogen) atoms. The van der Waals surface area contributed by atoms with Crippen LogP contribution in [0.1, 0.15) is 33.6 Å². The Kier molecular flexibility index (Phi) is 3.93. The molecular formula is C11H24N2O. The molecule has 3 heteroatoms. The van der Waals surface area contributed by atoms with E-state index in [4.69, 9.17) is 5.73 Å². The minimum absolute atomic E-state index is 0.348. The normalized spacial score (nSPS) is 30.2. The molecule has 3 N–H and O–H groups in total. The molecule has 0 aromatic heterocycles. The number of hydrogen-bond acceptors (Lipinski definition) is 3. The van der Waals surface area contributed by atoms with Crippen molar-refractivity contribution in [3.63, 3.8) is 0 Å². The molecule has 3 atom stereocenters. The highest BCUT2D eigenvalue weighted by Gasteiger charge is 2.28. The summed E-state index contributed by atoms with van der Waals surface area (Å²) in [6.07, 6.45) is 2.06. The van der Waals surface area contributed by atoms with Crippen molar-refractivity contribution >= 4 is 0 Å². The maximum absolute atomic E-state index is 9.87. The standard InChI is InChI=1S/C11H24N2O/c1-9-4-5-13(7-9)10(2)6-11(3,14)8-12/h9-10,14H,4-8,12H2,1-3H3. The summed E-state index contributed by atoms with van der Waals surface area (Å²) in [5, 5.41) is 9.87. The van der Waals surface area contributed by atoms with Crippen molar-refractivity contribution in [1.82, 2.24) is 4.90 Å². The summed E-state index contributed by atoms with van der Waals surface area (Å²) in [6.45, 7) is 8.98. The Balaban J connectivity index is 2.38. The summed E-state index contributed by atoms with van der Waals surface area (Å²) in [5.74, 6) is 0.806. The Morgan fingerprint density at radius 1 is 1.64 bits per heavy atom. The largest absolute Gasteiger partial charge is 0.389 e. The summed E-state index contributed by atoms with van der Waals surface area (Å²) in [5.41, 5.74) is 4.81. The third-order valence-corrected chi connectivity index (χ3v) is 3.25. The molecule has 1 fully saturated rings. The lowest BCUT2D eigenvalue weighted by Gasteiger charge is -2.31. The molecule has 0 aliphatic carbocycles. The first-order valence-corrected chi connectivity index (χ1v) is 5.61. The number of aliphatic hydroxyl groups is 1. The Bertz CT molecular complexity index is 182. The van der Waals surface area contributed by atoms with Gasteiger partial charge in [-0.2, -0.15) is 0 Å². The van der Waals surface area contributed by atoms with Gasteiger partial charge in [0.05, 0.1) is 5.60 Å². The molecule has 1 saturated heterocycles. The van der Waals surface area contributed by atoms with E-state index < -0.39 is 5.60 Å². The van der Waals surface area contributed by atoms with Crippen LogP contribution in [0.25, 0.3) is 0 Å². The number of nitrogens with two attached hydrogens (primary N) is 1. The number of nitrogens with zero attached hydrogens (tertiary/aromatic N) is 1. The van der Waals surface area contributed by atoms with Crippen LogP contribution in [-0.2, 0) is 0 Å². The third-order valence-electron chi connectivity index (χ3n) is 3.25. The Hall–Kier alpha value is -0.120. The number of hydrogen-bond donors (Lipinski definition) is 2. The monoisotopic (exact) mass is 200 g/mol. The molecule has 3 unspecified atom stereocenters. The Labute approximate surface area is 87.3 Å². The number of rotatable bonds is 4. The first kappa shape index (κ1) is 12.0. The lowest BCUT2D eigenvalue weighted by Crippen LogP contribution is -2.42. The summed E-state index contributed by atoms with van der Waals surface area (Å²) in [4.78, 5) is 2.45. The van der Waals surface area contributed by atoms with Gasteiger partial charge in [-0.1, -0.05) is 6.92 Å². The zero-order chi connectivity index (χ0) is 10.8. The fourth-order valence-electron chi connectivity index (χ4n) is 2.22. The molecule has 0 aromatic carbocycles. The summed E-state index contributed by atoms with van der Waals surface area (Å²) in [6, 6.07) is 0.443. The van der Waals surface area contributed by atoms with E-state index in [1.165, 1.54) is 19.5 Å². The van der Waals surface area contributed by atoms with Crippen LogP contribution in [0.5, 0.6) is 0 Å². The summed E-state index contributed by atoms with van der Waals surface area (Å²) >= 11 is 0. The molecule has 0 spiro atoms. The molecule has 0 amide bonds.